The van der Waals surface area contributed by atoms with Gasteiger partial charge in [-0.25, -0.2) is 0 Å². The zero-order chi connectivity index (χ0) is 23.6. The number of esters is 1. The minimum absolute atomic E-state index is 0.170. The Kier molecular flexibility index (Phi) is 9.49. The molecule has 1 aliphatic rings. The molecule has 1 saturated carbocycles. The quantitative estimate of drug-likeness (QED) is 0.371. The molecule has 5 nitrogen and oxygen atoms in total. The van der Waals surface area contributed by atoms with Gasteiger partial charge < -0.3 is 14.5 Å². The number of hydrogen-bond donors (Lipinski definition) is 0. The molecule has 0 aliphatic heterocycles. The maximum absolute atomic E-state index is 12.3. The zero-order valence-electron chi connectivity index (χ0n) is 20.3. The van der Waals surface area contributed by atoms with E-state index >= 15 is 0 Å². The summed E-state index contributed by atoms with van der Waals surface area (Å²) >= 11 is 0. The van der Waals surface area contributed by atoms with E-state index in [0.29, 0.717) is 25.1 Å². The second-order valence-electron chi connectivity index (χ2n) is 9.31. The van der Waals surface area contributed by atoms with E-state index < -0.39 is 0 Å². The van der Waals surface area contributed by atoms with Crippen LogP contribution in [0.1, 0.15) is 68.6 Å². The van der Waals surface area contributed by atoms with Gasteiger partial charge in [0.2, 0.25) is 5.91 Å². The van der Waals surface area contributed by atoms with Crippen LogP contribution in [0.3, 0.4) is 0 Å². The van der Waals surface area contributed by atoms with E-state index in [1.54, 1.807) is 6.92 Å². The lowest BCUT2D eigenvalue weighted by Gasteiger charge is -2.37. The maximum atomic E-state index is 12.3. The highest BCUT2D eigenvalue weighted by Gasteiger charge is 2.28. The smallest absolute Gasteiger partial charge is 0.302 e. The van der Waals surface area contributed by atoms with Gasteiger partial charge >= 0.3 is 5.97 Å². The van der Waals surface area contributed by atoms with Crippen LogP contribution in [0.5, 0.6) is 0 Å². The van der Waals surface area contributed by atoms with Crippen LogP contribution in [0.25, 0.3) is 0 Å². The van der Waals surface area contributed by atoms with Crippen molar-refractivity contribution in [2.45, 2.75) is 71.0 Å². The summed E-state index contributed by atoms with van der Waals surface area (Å²) in [5.41, 5.74) is 3.90. The Morgan fingerprint density at radius 2 is 1.52 bits per heavy atom. The zero-order valence-corrected chi connectivity index (χ0v) is 20.3. The number of nitrogens with zero attached hydrogens (tertiary/aromatic N) is 2. The predicted octanol–water partition coefficient (Wildman–Crippen LogP) is 5.15. The highest BCUT2D eigenvalue weighted by molar-refractivity contribution is 5.73. The van der Waals surface area contributed by atoms with Crippen molar-refractivity contribution in [3.05, 3.63) is 71.3 Å². The first-order chi connectivity index (χ1) is 15.9. The standard InChI is InChI=1S/C28H38N2O3/c1-22(31)30(21-24-8-5-4-6-9-24)28-16-14-27(15-17-28)26-12-10-25(11-13-26)20-29(3)18-7-19-33-23(2)32/h4-6,8-13,27-28H,7,14-21H2,1-3H3/t27-,28-. The third kappa shape index (κ3) is 8.01. The van der Waals surface area contributed by atoms with Gasteiger partial charge in [0.15, 0.2) is 0 Å². The molecule has 1 aliphatic carbocycles. The average Bonchev–Trinajstić information content (AvgIpc) is 2.81. The Hall–Kier alpha value is -2.66. The summed E-state index contributed by atoms with van der Waals surface area (Å²) in [5.74, 6) is 0.526. The minimum atomic E-state index is -0.215. The summed E-state index contributed by atoms with van der Waals surface area (Å²) in [6, 6.07) is 19.6. The summed E-state index contributed by atoms with van der Waals surface area (Å²) in [4.78, 5) is 27.5. The van der Waals surface area contributed by atoms with Gasteiger partial charge in [-0.3, -0.25) is 9.59 Å². The molecule has 2 aromatic rings. The van der Waals surface area contributed by atoms with Crippen LogP contribution in [0.2, 0.25) is 0 Å². The summed E-state index contributed by atoms with van der Waals surface area (Å²) in [7, 11) is 2.10. The van der Waals surface area contributed by atoms with Gasteiger partial charge in [0.05, 0.1) is 6.61 Å². The van der Waals surface area contributed by atoms with Crippen LogP contribution >= 0.6 is 0 Å². The molecule has 33 heavy (non-hydrogen) atoms. The van der Waals surface area contributed by atoms with Gasteiger partial charge in [0.1, 0.15) is 0 Å². The first-order valence-corrected chi connectivity index (χ1v) is 12.1. The monoisotopic (exact) mass is 450 g/mol. The topological polar surface area (TPSA) is 49.9 Å². The van der Waals surface area contributed by atoms with E-state index in [2.05, 4.69) is 53.2 Å². The van der Waals surface area contributed by atoms with E-state index in [-0.39, 0.29) is 11.9 Å². The van der Waals surface area contributed by atoms with E-state index in [1.165, 1.54) is 23.6 Å². The third-order valence-corrected chi connectivity index (χ3v) is 6.63. The summed E-state index contributed by atoms with van der Waals surface area (Å²) in [6.07, 6.45) is 5.21. The van der Waals surface area contributed by atoms with E-state index in [1.807, 2.05) is 18.2 Å². The molecule has 0 heterocycles. The molecule has 5 heteroatoms. The van der Waals surface area contributed by atoms with Gasteiger partial charge in [0.25, 0.3) is 0 Å². The molecule has 0 N–H and O–H groups in total. The van der Waals surface area contributed by atoms with Crippen molar-refractivity contribution >= 4 is 11.9 Å². The first kappa shape index (κ1) is 25.0. The Morgan fingerprint density at radius 3 is 2.12 bits per heavy atom. The number of carbonyl (C=O) groups is 2. The molecule has 0 radical (unpaired) electrons. The SMILES string of the molecule is CC(=O)OCCCN(C)Cc1ccc([C@H]2CC[C@H](N(Cc3ccccc3)C(C)=O)CC2)cc1. The molecule has 0 atom stereocenters. The second kappa shape index (κ2) is 12.5. The van der Waals surface area contributed by atoms with Crippen molar-refractivity contribution in [3.63, 3.8) is 0 Å². The Bertz CT molecular complexity index is 874. The Balaban J connectivity index is 1.47. The molecule has 0 saturated heterocycles. The van der Waals surface area contributed by atoms with Crippen LogP contribution in [-0.4, -0.2) is 47.9 Å². The van der Waals surface area contributed by atoms with Crippen molar-refractivity contribution in [3.8, 4) is 0 Å². The number of rotatable bonds is 10. The normalized spacial score (nSPS) is 18.2. The molecule has 2 aromatic carbocycles. The molecule has 178 valence electrons. The Morgan fingerprint density at radius 1 is 0.879 bits per heavy atom. The highest BCUT2D eigenvalue weighted by atomic mass is 16.5. The van der Waals surface area contributed by atoms with Crippen molar-refractivity contribution < 1.29 is 14.3 Å². The van der Waals surface area contributed by atoms with Gasteiger partial charge in [-0.05, 0) is 61.8 Å². The molecule has 0 unspecified atom stereocenters. The van der Waals surface area contributed by atoms with Gasteiger partial charge in [-0.1, -0.05) is 54.6 Å². The molecule has 1 amide bonds. The van der Waals surface area contributed by atoms with Crippen molar-refractivity contribution in [2.24, 2.45) is 0 Å². The van der Waals surface area contributed by atoms with Crippen LogP contribution in [0.15, 0.2) is 54.6 Å². The minimum Gasteiger partial charge on any atom is -0.466 e. The number of hydrogen-bond acceptors (Lipinski definition) is 4. The molecular formula is C28H38N2O3. The lowest BCUT2D eigenvalue weighted by Crippen LogP contribution is -2.40. The third-order valence-electron chi connectivity index (χ3n) is 6.63. The lowest BCUT2D eigenvalue weighted by molar-refractivity contribution is -0.141. The molecule has 0 bridgehead atoms. The van der Waals surface area contributed by atoms with E-state index in [0.717, 1.165) is 45.2 Å². The highest BCUT2D eigenvalue weighted by Crippen LogP contribution is 2.35. The second-order valence-corrected chi connectivity index (χ2v) is 9.31. The lowest BCUT2D eigenvalue weighted by atomic mass is 9.81. The Labute approximate surface area is 198 Å². The van der Waals surface area contributed by atoms with Crippen LogP contribution in [0.4, 0.5) is 0 Å². The average molecular weight is 451 g/mol. The number of ether oxygens (including phenoxy) is 1. The van der Waals surface area contributed by atoms with Crippen LogP contribution in [-0.2, 0) is 27.4 Å². The fourth-order valence-corrected chi connectivity index (χ4v) is 4.83. The van der Waals surface area contributed by atoms with Crippen LogP contribution in [0, 0.1) is 0 Å². The van der Waals surface area contributed by atoms with E-state index in [9.17, 15) is 9.59 Å². The van der Waals surface area contributed by atoms with E-state index in [4.69, 9.17) is 4.74 Å². The first-order valence-electron chi connectivity index (χ1n) is 12.1. The molecular weight excluding hydrogens is 412 g/mol. The molecule has 1 fully saturated rings. The van der Waals surface area contributed by atoms with Gasteiger partial charge in [-0.15, -0.1) is 0 Å². The summed E-state index contributed by atoms with van der Waals surface area (Å²) < 4.78 is 5.00. The number of carbonyl (C=O) groups excluding carboxylic acids is 2. The van der Waals surface area contributed by atoms with Crippen molar-refractivity contribution in [2.75, 3.05) is 20.2 Å². The predicted molar refractivity (Wildman–Crippen MR) is 132 cm³/mol. The number of amides is 1. The fourth-order valence-electron chi connectivity index (χ4n) is 4.83. The van der Waals surface area contributed by atoms with Crippen molar-refractivity contribution in [1.29, 1.82) is 0 Å². The van der Waals surface area contributed by atoms with Crippen molar-refractivity contribution in [1.82, 2.24) is 9.80 Å². The maximum Gasteiger partial charge on any atom is 0.302 e. The molecule has 0 aromatic heterocycles. The van der Waals surface area contributed by atoms with Gasteiger partial charge in [-0.2, -0.15) is 0 Å². The largest absolute Gasteiger partial charge is 0.466 e. The van der Waals surface area contributed by atoms with Crippen LogP contribution < -0.4 is 0 Å². The number of benzene rings is 2. The summed E-state index contributed by atoms with van der Waals surface area (Å²) in [6.45, 7) is 6.11. The van der Waals surface area contributed by atoms with Gasteiger partial charge in [0, 0.05) is 39.5 Å². The molecule has 0 spiro atoms. The molecule has 3 rings (SSSR count). The summed E-state index contributed by atoms with van der Waals surface area (Å²) in [5, 5.41) is 0. The fraction of sp³-hybridized carbons (Fsp3) is 0.500.